The fourth-order valence-electron chi connectivity index (χ4n) is 0.884. The van der Waals surface area contributed by atoms with Crippen LogP contribution in [0.25, 0.3) is 0 Å². The number of nitrogens with two attached hydrogens (primary N) is 1. The summed E-state index contributed by atoms with van der Waals surface area (Å²) in [6.45, 7) is 3.97. The number of hydrogen-bond donors (Lipinski definition) is 1. The summed E-state index contributed by atoms with van der Waals surface area (Å²) in [6, 6.07) is -0.104. The molecule has 0 fully saturated rings. The molecule has 0 aliphatic rings. The fraction of sp³-hybridized carbons (Fsp3) is 0.889. The smallest absolute Gasteiger partial charge is 0.239 e. The van der Waals surface area contributed by atoms with Crippen molar-refractivity contribution < 1.29 is 4.79 Å². The second kappa shape index (κ2) is 6.27. The second-order valence-electron chi connectivity index (χ2n) is 3.43. The number of rotatable bonds is 5. The third-order valence-corrected chi connectivity index (χ3v) is 2.72. The van der Waals surface area contributed by atoms with Gasteiger partial charge in [-0.2, -0.15) is 11.8 Å². The van der Waals surface area contributed by atoms with Crippen LogP contribution < -0.4 is 5.73 Å². The molecule has 0 aromatic heterocycles. The highest BCUT2D eigenvalue weighted by Crippen LogP contribution is 2.03. The summed E-state index contributed by atoms with van der Waals surface area (Å²) in [6.07, 6.45) is 2.78. The molecule has 0 saturated heterocycles. The minimum Gasteiger partial charge on any atom is -0.342 e. The average molecular weight is 204 g/mol. The summed E-state index contributed by atoms with van der Waals surface area (Å²) >= 11 is 1.72. The van der Waals surface area contributed by atoms with Crippen LogP contribution in [-0.4, -0.2) is 41.9 Å². The molecule has 0 aliphatic carbocycles. The van der Waals surface area contributed by atoms with Gasteiger partial charge >= 0.3 is 0 Å². The zero-order valence-electron chi connectivity index (χ0n) is 8.91. The Bertz CT molecular complexity index is 162. The van der Waals surface area contributed by atoms with Crippen molar-refractivity contribution in [3.05, 3.63) is 0 Å². The Morgan fingerprint density at radius 3 is 2.46 bits per heavy atom. The lowest BCUT2D eigenvalue weighted by molar-refractivity contribution is -0.132. The summed E-state index contributed by atoms with van der Waals surface area (Å²) in [5.74, 6) is 0.989. The van der Waals surface area contributed by atoms with Gasteiger partial charge in [-0.3, -0.25) is 4.79 Å². The zero-order valence-corrected chi connectivity index (χ0v) is 9.73. The number of likely N-dealkylation sites (N-methyl/N-ethyl adjacent to an activating group) is 1. The van der Waals surface area contributed by atoms with E-state index in [1.165, 1.54) is 0 Å². The largest absolute Gasteiger partial charge is 0.342 e. The molecule has 1 amide bonds. The van der Waals surface area contributed by atoms with E-state index in [1.807, 2.05) is 20.1 Å². The summed E-state index contributed by atoms with van der Waals surface area (Å²) in [4.78, 5) is 13.3. The maximum Gasteiger partial charge on any atom is 0.239 e. The molecule has 0 aromatic rings. The van der Waals surface area contributed by atoms with Gasteiger partial charge in [0, 0.05) is 13.1 Å². The van der Waals surface area contributed by atoms with Crippen molar-refractivity contribution in [1.82, 2.24) is 4.90 Å². The molecule has 0 bridgehead atoms. The molecule has 3 nitrogen and oxygen atoms in total. The minimum atomic E-state index is -0.333. The van der Waals surface area contributed by atoms with Crippen LogP contribution in [0.4, 0.5) is 0 Å². The van der Waals surface area contributed by atoms with Crippen molar-refractivity contribution in [2.45, 2.75) is 32.4 Å². The Hall–Kier alpha value is -0.220. The monoisotopic (exact) mass is 204 g/mol. The van der Waals surface area contributed by atoms with E-state index >= 15 is 0 Å². The lowest BCUT2D eigenvalue weighted by Gasteiger charge is -2.24. The zero-order chi connectivity index (χ0) is 10.4. The number of hydrogen-bond acceptors (Lipinski definition) is 3. The van der Waals surface area contributed by atoms with Crippen molar-refractivity contribution >= 4 is 17.7 Å². The lowest BCUT2D eigenvalue weighted by atomic mass is 10.2. The predicted molar refractivity (Wildman–Crippen MR) is 58.9 cm³/mol. The summed E-state index contributed by atoms with van der Waals surface area (Å²) in [7, 11) is 1.80. The van der Waals surface area contributed by atoms with Crippen LogP contribution in [0, 0.1) is 0 Å². The Morgan fingerprint density at radius 2 is 2.08 bits per heavy atom. The summed E-state index contributed by atoms with van der Waals surface area (Å²) < 4.78 is 0. The summed E-state index contributed by atoms with van der Waals surface area (Å²) in [5, 5.41) is 0. The van der Waals surface area contributed by atoms with Crippen LogP contribution in [-0.2, 0) is 4.79 Å². The molecule has 1 atom stereocenters. The molecule has 0 rings (SSSR count). The molecule has 0 spiro atoms. The molecular formula is C9H20N2OS. The van der Waals surface area contributed by atoms with E-state index in [4.69, 9.17) is 5.73 Å². The van der Waals surface area contributed by atoms with Gasteiger partial charge in [0.15, 0.2) is 0 Å². The second-order valence-corrected chi connectivity index (χ2v) is 4.42. The predicted octanol–water partition coefficient (Wildman–Crippen LogP) is 0.934. The molecule has 2 N–H and O–H groups in total. The van der Waals surface area contributed by atoms with Gasteiger partial charge in [-0.1, -0.05) is 0 Å². The number of carbonyl (C=O) groups excluding carboxylic acids is 1. The van der Waals surface area contributed by atoms with Crippen molar-refractivity contribution in [3.8, 4) is 0 Å². The maximum atomic E-state index is 11.6. The quantitative estimate of drug-likeness (QED) is 0.725. The molecule has 4 heteroatoms. The summed E-state index contributed by atoms with van der Waals surface area (Å²) in [5.41, 5.74) is 5.74. The van der Waals surface area contributed by atoms with Gasteiger partial charge in [0.05, 0.1) is 6.04 Å². The van der Waals surface area contributed by atoms with Crippen molar-refractivity contribution in [1.29, 1.82) is 0 Å². The third-order valence-electron chi connectivity index (χ3n) is 2.07. The highest BCUT2D eigenvalue weighted by molar-refractivity contribution is 7.98. The van der Waals surface area contributed by atoms with Crippen LogP contribution in [0.5, 0.6) is 0 Å². The van der Waals surface area contributed by atoms with Crippen LogP contribution in [0.15, 0.2) is 0 Å². The van der Waals surface area contributed by atoms with E-state index in [9.17, 15) is 4.79 Å². The lowest BCUT2D eigenvalue weighted by Crippen LogP contribution is -2.44. The van der Waals surface area contributed by atoms with Gasteiger partial charge in [-0.15, -0.1) is 0 Å². The third kappa shape index (κ3) is 4.52. The van der Waals surface area contributed by atoms with E-state index in [1.54, 1.807) is 23.7 Å². The molecule has 0 heterocycles. The molecule has 0 unspecified atom stereocenters. The van der Waals surface area contributed by atoms with Gasteiger partial charge in [0.1, 0.15) is 0 Å². The van der Waals surface area contributed by atoms with Gasteiger partial charge in [-0.05, 0) is 32.3 Å². The number of thioether (sulfide) groups is 1. The molecule has 13 heavy (non-hydrogen) atoms. The van der Waals surface area contributed by atoms with Crippen LogP contribution >= 0.6 is 11.8 Å². The Morgan fingerprint density at radius 1 is 1.54 bits per heavy atom. The number of carbonyl (C=O) groups is 1. The van der Waals surface area contributed by atoms with Gasteiger partial charge in [0.2, 0.25) is 5.91 Å². The topological polar surface area (TPSA) is 46.3 Å². The first kappa shape index (κ1) is 12.8. The Labute approximate surface area is 85.0 Å². The normalized spacial score (nSPS) is 13.1. The van der Waals surface area contributed by atoms with Crippen molar-refractivity contribution in [3.63, 3.8) is 0 Å². The first-order valence-corrected chi connectivity index (χ1v) is 5.91. The maximum absolute atomic E-state index is 11.6. The minimum absolute atomic E-state index is 0.0454. The van der Waals surface area contributed by atoms with E-state index < -0.39 is 0 Å². The fourth-order valence-corrected chi connectivity index (χ4v) is 1.37. The van der Waals surface area contributed by atoms with Gasteiger partial charge < -0.3 is 10.6 Å². The van der Waals surface area contributed by atoms with Crippen LogP contribution in [0.2, 0.25) is 0 Å². The van der Waals surface area contributed by atoms with E-state index in [0.29, 0.717) is 0 Å². The molecule has 78 valence electrons. The van der Waals surface area contributed by atoms with Gasteiger partial charge in [0.25, 0.3) is 0 Å². The standard InChI is InChI=1S/C9H20N2OS/c1-7(2)11(3)9(12)8(10)5-6-13-4/h7-8H,5-6,10H2,1-4H3/t8-/m0/s1. The van der Waals surface area contributed by atoms with E-state index in [2.05, 4.69) is 0 Å². The number of nitrogens with zero attached hydrogens (tertiary/aromatic N) is 1. The molecular weight excluding hydrogens is 184 g/mol. The molecule has 0 saturated carbocycles. The van der Waals surface area contributed by atoms with Gasteiger partial charge in [-0.25, -0.2) is 0 Å². The number of amides is 1. The average Bonchev–Trinajstić information content (AvgIpc) is 2.11. The SMILES string of the molecule is CSCC[C@H](N)C(=O)N(C)C(C)C. The van der Waals surface area contributed by atoms with Crippen LogP contribution in [0.3, 0.4) is 0 Å². The molecule has 0 radical (unpaired) electrons. The molecule has 0 aliphatic heterocycles. The Kier molecular flexibility index (Phi) is 6.16. The highest BCUT2D eigenvalue weighted by Gasteiger charge is 2.18. The van der Waals surface area contributed by atoms with Crippen molar-refractivity contribution in [2.24, 2.45) is 5.73 Å². The molecule has 0 aromatic carbocycles. The highest BCUT2D eigenvalue weighted by atomic mass is 32.2. The van der Waals surface area contributed by atoms with Crippen molar-refractivity contribution in [2.75, 3.05) is 19.1 Å². The van der Waals surface area contributed by atoms with Crippen LogP contribution in [0.1, 0.15) is 20.3 Å². The first-order valence-electron chi connectivity index (χ1n) is 4.52. The Balaban J connectivity index is 3.94. The van der Waals surface area contributed by atoms with E-state index in [0.717, 1.165) is 12.2 Å². The van der Waals surface area contributed by atoms with E-state index in [-0.39, 0.29) is 18.0 Å². The first-order chi connectivity index (χ1) is 6.00.